The van der Waals surface area contributed by atoms with Crippen LogP contribution in [-0.2, 0) is 12.3 Å². The van der Waals surface area contributed by atoms with Crippen molar-refractivity contribution in [2.75, 3.05) is 6.61 Å². The first kappa shape index (κ1) is 14.9. The van der Waals surface area contributed by atoms with Gasteiger partial charge in [-0.25, -0.2) is 4.68 Å². The number of tetrazole rings is 1. The highest BCUT2D eigenvalue weighted by atomic mass is 79.9. The van der Waals surface area contributed by atoms with Crippen LogP contribution in [0.1, 0.15) is 5.56 Å². The lowest BCUT2D eigenvalue weighted by Gasteiger charge is -2.04. The molecule has 0 unspecified atom stereocenters. The summed E-state index contributed by atoms with van der Waals surface area (Å²) in [6.07, 6.45) is 0. The minimum absolute atomic E-state index is 0.0491. The van der Waals surface area contributed by atoms with Crippen molar-refractivity contribution in [2.45, 2.75) is 17.5 Å². The number of thioether (sulfide) groups is 1. The van der Waals surface area contributed by atoms with Gasteiger partial charge in [0.1, 0.15) is 0 Å². The molecular weight excluding hydrogens is 350 g/mol. The Hall–Kier alpha value is -1.52. The van der Waals surface area contributed by atoms with E-state index >= 15 is 0 Å². The van der Waals surface area contributed by atoms with Crippen LogP contribution >= 0.6 is 27.7 Å². The Morgan fingerprint density at radius 3 is 3.00 bits per heavy atom. The average Bonchev–Trinajstić information content (AvgIpc) is 2.85. The molecule has 10 heteroatoms. The highest BCUT2D eigenvalue weighted by molar-refractivity contribution is 9.10. The van der Waals surface area contributed by atoms with E-state index in [1.165, 1.54) is 22.5 Å². The third-order valence-corrected chi connectivity index (χ3v) is 3.91. The lowest BCUT2D eigenvalue weighted by molar-refractivity contribution is -0.385. The second-order valence-corrected chi connectivity index (χ2v) is 5.59. The fourth-order valence-corrected chi connectivity index (χ4v) is 2.75. The zero-order valence-corrected chi connectivity index (χ0v) is 12.5. The summed E-state index contributed by atoms with van der Waals surface area (Å²) in [4.78, 5) is 10.6. The van der Waals surface area contributed by atoms with Crippen molar-refractivity contribution in [1.82, 2.24) is 20.2 Å². The van der Waals surface area contributed by atoms with Crippen molar-refractivity contribution < 1.29 is 10.0 Å². The van der Waals surface area contributed by atoms with Crippen LogP contribution < -0.4 is 0 Å². The van der Waals surface area contributed by atoms with Gasteiger partial charge in [-0.15, -0.1) is 5.10 Å². The van der Waals surface area contributed by atoms with Crippen molar-refractivity contribution in [3.05, 3.63) is 38.3 Å². The van der Waals surface area contributed by atoms with Gasteiger partial charge >= 0.3 is 0 Å². The average molecular weight is 360 g/mol. The van der Waals surface area contributed by atoms with Crippen molar-refractivity contribution >= 4 is 33.4 Å². The number of aromatic nitrogens is 4. The number of nitro benzene ring substituents is 1. The van der Waals surface area contributed by atoms with Crippen LogP contribution in [0.25, 0.3) is 0 Å². The van der Waals surface area contributed by atoms with Gasteiger partial charge in [0.25, 0.3) is 5.69 Å². The zero-order valence-electron chi connectivity index (χ0n) is 10.1. The Bertz CT molecular complexity index is 621. The summed E-state index contributed by atoms with van der Waals surface area (Å²) in [5, 5.41) is 31.4. The van der Waals surface area contributed by atoms with Crippen molar-refractivity contribution in [2.24, 2.45) is 0 Å². The van der Waals surface area contributed by atoms with Gasteiger partial charge in [0.15, 0.2) is 0 Å². The quantitative estimate of drug-likeness (QED) is 0.474. The molecule has 20 heavy (non-hydrogen) atoms. The summed E-state index contributed by atoms with van der Waals surface area (Å²) in [7, 11) is 0. The Morgan fingerprint density at radius 2 is 2.30 bits per heavy atom. The minimum atomic E-state index is -0.419. The summed E-state index contributed by atoms with van der Waals surface area (Å²) >= 11 is 4.49. The summed E-state index contributed by atoms with van der Waals surface area (Å²) in [6, 6.07) is 4.90. The van der Waals surface area contributed by atoms with E-state index in [2.05, 4.69) is 31.5 Å². The smallest absolute Gasteiger partial charge is 0.274 e. The molecular formula is C10H10BrN5O3S. The van der Waals surface area contributed by atoms with E-state index in [0.717, 1.165) is 0 Å². The first-order valence-electron chi connectivity index (χ1n) is 5.54. The Balaban J connectivity index is 2.14. The summed E-state index contributed by atoms with van der Waals surface area (Å²) < 4.78 is 2.11. The van der Waals surface area contributed by atoms with Crippen LogP contribution in [0.2, 0.25) is 0 Å². The van der Waals surface area contributed by atoms with E-state index in [0.29, 0.717) is 20.9 Å². The summed E-state index contributed by atoms with van der Waals surface area (Å²) in [5.41, 5.74) is 0.634. The van der Waals surface area contributed by atoms with Crippen molar-refractivity contribution in [3.8, 4) is 0 Å². The number of hydrogen-bond donors (Lipinski definition) is 1. The summed E-state index contributed by atoms with van der Waals surface area (Å²) in [6.45, 7) is 0.217. The third kappa shape index (κ3) is 3.52. The predicted molar refractivity (Wildman–Crippen MR) is 75.3 cm³/mol. The Labute approximate surface area is 126 Å². The molecule has 2 aromatic rings. The standard InChI is InChI=1S/C10H10BrN5O3S/c11-8-2-1-7(9(5-8)16(18)19)6-20-10-12-13-14-15(10)3-4-17/h1-2,5,17H,3-4,6H2. The lowest BCUT2D eigenvalue weighted by Crippen LogP contribution is -2.05. The normalized spacial score (nSPS) is 10.7. The number of nitrogens with zero attached hydrogens (tertiary/aromatic N) is 5. The molecule has 1 aromatic carbocycles. The molecule has 106 valence electrons. The van der Waals surface area contributed by atoms with Crippen LogP contribution in [0, 0.1) is 10.1 Å². The summed E-state index contributed by atoms with van der Waals surface area (Å²) in [5.74, 6) is 0.370. The molecule has 0 spiro atoms. The minimum Gasteiger partial charge on any atom is -0.394 e. The number of benzene rings is 1. The number of nitro groups is 1. The van der Waals surface area contributed by atoms with Gasteiger partial charge < -0.3 is 5.11 Å². The van der Waals surface area contributed by atoms with Gasteiger partial charge in [0.2, 0.25) is 5.16 Å². The fraction of sp³-hybridized carbons (Fsp3) is 0.300. The maximum Gasteiger partial charge on any atom is 0.274 e. The van der Waals surface area contributed by atoms with Crippen LogP contribution in [0.15, 0.2) is 27.8 Å². The molecule has 0 bridgehead atoms. The van der Waals surface area contributed by atoms with E-state index in [1.54, 1.807) is 12.1 Å². The zero-order chi connectivity index (χ0) is 14.5. The van der Waals surface area contributed by atoms with E-state index < -0.39 is 4.92 Å². The number of aliphatic hydroxyl groups is 1. The van der Waals surface area contributed by atoms with Gasteiger partial charge in [-0.2, -0.15) is 0 Å². The van der Waals surface area contributed by atoms with Crippen LogP contribution in [0.5, 0.6) is 0 Å². The predicted octanol–water partition coefficient (Wildman–Crippen LogP) is 1.63. The van der Waals surface area contributed by atoms with Gasteiger partial charge in [0, 0.05) is 21.9 Å². The van der Waals surface area contributed by atoms with Crippen LogP contribution in [-0.4, -0.2) is 36.8 Å². The second-order valence-electron chi connectivity index (χ2n) is 3.73. The molecule has 0 fully saturated rings. The highest BCUT2D eigenvalue weighted by Crippen LogP contribution is 2.29. The molecule has 0 aliphatic rings. The van der Waals surface area contributed by atoms with Crippen LogP contribution in [0.4, 0.5) is 5.69 Å². The topological polar surface area (TPSA) is 107 Å². The molecule has 1 aromatic heterocycles. The van der Waals surface area contributed by atoms with E-state index in [4.69, 9.17) is 5.11 Å². The molecule has 1 N–H and O–H groups in total. The molecule has 1 heterocycles. The molecule has 0 atom stereocenters. The number of aliphatic hydroxyl groups excluding tert-OH is 1. The molecule has 0 aliphatic heterocycles. The maximum absolute atomic E-state index is 11.0. The van der Waals surface area contributed by atoms with E-state index in [1.807, 2.05) is 0 Å². The van der Waals surface area contributed by atoms with Crippen molar-refractivity contribution in [3.63, 3.8) is 0 Å². The largest absolute Gasteiger partial charge is 0.394 e. The molecule has 0 saturated heterocycles. The Kier molecular flexibility index (Phi) is 5.04. The monoisotopic (exact) mass is 359 g/mol. The molecule has 0 radical (unpaired) electrons. The van der Waals surface area contributed by atoms with E-state index in [-0.39, 0.29) is 18.8 Å². The van der Waals surface area contributed by atoms with Crippen LogP contribution in [0.3, 0.4) is 0 Å². The number of rotatable bonds is 6. The van der Waals surface area contributed by atoms with Gasteiger partial charge in [-0.05, 0) is 16.5 Å². The van der Waals surface area contributed by atoms with Gasteiger partial charge in [-0.3, -0.25) is 10.1 Å². The Morgan fingerprint density at radius 1 is 1.50 bits per heavy atom. The molecule has 8 nitrogen and oxygen atoms in total. The fourth-order valence-electron chi connectivity index (χ4n) is 1.51. The molecule has 0 saturated carbocycles. The molecule has 2 rings (SSSR count). The molecule has 0 aliphatic carbocycles. The first-order chi connectivity index (χ1) is 9.61. The third-order valence-electron chi connectivity index (χ3n) is 2.41. The first-order valence-corrected chi connectivity index (χ1v) is 7.32. The maximum atomic E-state index is 11.0. The SMILES string of the molecule is O=[N+]([O-])c1cc(Br)ccc1CSc1nnnn1CCO. The van der Waals surface area contributed by atoms with Crippen molar-refractivity contribution in [1.29, 1.82) is 0 Å². The highest BCUT2D eigenvalue weighted by Gasteiger charge is 2.15. The molecule has 0 amide bonds. The second kappa shape index (κ2) is 6.77. The number of hydrogen-bond acceptors (Lipinski definition) is 7. The van der Waals surface area contributed by atoms with E-state index in [9.17, 15) is 10.1 Å². The number of halogens is 1. The van der Waals surface area contributed by atoms with Gasteiger partial charge in [0.05, 0.1) is 18.1 Å². The lowest BCUT2D eigenvalue weighted by atomic mass is 10.2. The van der Waals surface area contributed by atoms with Gasteiger partial charge in [-0.1, -0.05) is 33.8 Å².